The fourth-order valence-electron chi connectivity index (χ4n) is 2.51. The smallest absolute Gasteiger partial charge is 0.250 e. The van der Waals surface area contributed by atoms with Gasteiger partial charge in [-0.05, 0) is 35.4 Å². The molecule has 20 heavy (non-hydrogen) atoms. The van der Waals surface area contributed by atoms with Gasteiger partial charge in [-0.1, -0.05) is 23.3 Å². The topological polar surface area (TPSA) is 89.9 Å². The lowest BCUT2D eigenvalue weighted by Crippen LogP contribution is -2.42. The number of nitrogens with two attached hydrogens (primary N) is 1. The predicted molar refractivity (Wildman–Crippen MR) is 73.3 cm³/mol. The van der Waals surface area contributed by atoms with Crippen molar-refractivity contribution in [3.63, 3.8) is 0 Å². The van der Waals surface area contributed by atoms with Crippen LogP contribution in [0.3, 0.4) is 0 Å². The maximum Gasteiger partial charge on any atom is 0.250 e. The van der Waals surface area contributed by atoms with Crippen LogP contribution < -0.4 is 10.6 Å². The molecule has 2 N–H and O–H groups in total. The van der Waals surface area contributed by atoms with Crippen LogP contribution in [0.1, 0.15) is 12.8 Å². The first kappa shape index (κ1) is 12.6. The van der Waals surface area contributed by atoms with Crippen molar-refractivity contribution in [2.24, 2.45) is 11.7 Å². The van der Waals surface area contributed by atoms with E-state index in [-0.39, 0.29) is 11.8 Å². The van der Waals surface area contributed by atoms with Gasteiger partial charge in [-0.3, -0.25) is 4.79 Å². The Bertz CT molecular complexity index is 596. The lowest BCUT2D eigenvalue weighted by molar-refractivity contribution is -0.122. The lowest BCUT2D eigenvalue weighted by Gasteiger charge is -2.31. The minimum Gasteiger partial charge on any atom is -0.369 e. The van der Waals surface area contributed by atoms with Crippen LogP contribution in [0.4, 0.5) is 5.95 Å². The standard InChI is InChI=1S/C13H16N6O/c14-12(20)10-5-4-8-18(9-10)13-15-16-17-19(13)11-6-2-1-3-7-11/h1-3,6-7,10H,4-5,8-9H2,(H2,14,20)/t10-/m0/s1. The van der Waals surface area contributed by atoms with Crippen LogP contribution in [0.25, 0.3) is 5.69 Å². The Morgan fingerprint density at radius 3 is 2.85 bits per heavy atom. The molecular formula is C13H16N6O. The molecule has 3 rings (SSSR count). The van der Waals surface area contributed by atoms with Crippen LogP contribution in [0.2, 0.25) is 0 Å². The highest BCUT2D eigenvalue weighted by Crippen LogP contribution is 2.22. The van der Waals surface area contributed by atoms with E-state index in [9.17, 15) is 4.79 Å². The van der Waals surface area contributed by atoms with Gasteiger partial charge in [-0.15, -0.1) is 0 Å². The largest absolute Gasteiger partial charge is 0.369 e. The monoisotopic (exact) mass is 272 g/mol. The molecule has 1 atom stereocenters. The Balaban J connectivity index is 1.88. The molecule has 1 amide bonds. The maximum absolute atomic E-state index is 11.4. The average molecular weight is 272 g/mol. The number of primary amides is 1. The first-order valence-corrected chi connectivity index (χ1v) is 6.64. The molecule has 1 aliphatic heterocycles. The fraction of sp³-hybridized carbons (Fsp3) is 0.385. The highest BCUT2D eigenvalue weighted by Gasteiger charge is 2.27. The van der Waals surface area contributed by atoms with Crippen molar-refractivity contribution in [3.05, 3.63) is 30.3 Å². The van der Waals surface area contributed by atoms with Gasteiger partial charge in [0.2, 0.25) is 11.9 Å². The number of rotatable bonds is 3. The van der Waals surface area contributed by atoms with E-state index in [2.05, 4.69) is 15.5 Å². The summed E-state index contributed by atoms with van der Waals surface area (Å²) in [5.74, 6) is 0.264. The van der Waals surface area contributed by atoms with Gasteiger partial charge in [0.05, 0.1) is 11.6 Å². The van der Waals surface area contributed by atoms with E-state index >= 15 is 0 Å². The second-order valence-electron chi connectivity index (χ2n) is 4.91. The fourth-order valence-corrected chi connectivity index (χ4v) is 2.51. The molecule has 1 aromatic heterocycles. The summed E-state index contributed by atoms with van der Waals surface area (Å²) in [6, 6.07) is 9.69. The van der Waals surface area contributed by atoms with E-state index in [4.69, 9.17) is 5.73 Å². The van der Waals surface area contributed by atoms with Gasteiger partial charge in [0.15, 0.2) is 0 Å². The number of hydrogen-bond acceptors (Lipinski definition) is 5. The van der Waals surface area contributed by atoms with Gasteiger partial charge in [0.1, 0.15) is 0 Å². The van der Waals surface area contributed by atoms with Gasteiger partial charge < -0.3 is 10.6 Å². The molecule has 2 aromatic rings. The number of amides is 1. The number of anilines is 1. The Kier molecular flexibility index (Phi) is 3.32. The molecule has 1 aromatic carbocycles. The number of benzene rings is 1. The summed E-state index contributed by atoms with van der Waals surface area (Å²) >= 11 is 0. The average Bonchev–Trinajstić information content (AvgIpc) is 2.98. The zero-order valence-electron chi connectivity index (χ0n) is 11.0. The quantitative estimate of drug-likeness (QED) is 0.871. The highest BCUT2D eigenvalue weighted by atomic mass is 16.1. The van der Waals surface area contributed by atoms with Crippen LogP contribution in [-0.2, 0) is 4.79 Å². The van der Waals surface area contributed by atoms with E-state index < -0.39 is 0 Å². The molecule has 7 nitrogen and oxygen atoms in total. The number of carbonyl (C=O) groups is 1. The van der Waals surface area contributed by atoms with Crippen LogP contribution in [0.15, 0.2) is 30.3 Å². The van der Waals surface area contributed by atoms with Crippen molar-refractivity contribution in [1.29, 1.82) is 0 Å². The van der Waals surface area contributed by atoms with Gasteiger partial charge in [0.25, 0.3) is 0 Å². The molecule has 0 bridgehead atoms. The summed E-state index contributed by atoms with van der Waals surface area (Å²) in [5.41, 5.74) is 6.30. The molecule has 104 valence electrons. The van der Waals surface area contributed by atoms with E-state index in [1.165, 1.54) is 0 Å². The normalized spacial score (nSPS) is 19.0. The summed E-state index contributed by atoms with van der Waals surface area (Å²) in [7, 11) is 0. The molecule has 1 saturated heterocycles. The maximum atomic E-state index is 11.4. The molecule has 0 saturated carbocycles. The zero-order chi connectivity index (χ0) is 13.9. The van der Waals surface area contributed by atoms with Crippen LogP contribution >= 0.6 is 0 Å². The second-order valence-corrected chi connectivity index (χ2v) is 4.91. The Morgan fingerprint density at radius 2 is 2.10 bits per heavy atom. The molecule has 2 heterocycles. The van der Waals surface area contributed by atoms with Crippen LogP contribution in [0.5, 0.6) is 0 Å². The van der Waals surface area contributed by atoms with Gasteiger partial charge >= 0.3 is 0 Å². The number of aromatic nitrogens is 4. The molecule has 1 aliphatic rings. The SMILES string of the molecule is NC(=O)[C@H]1CCCN(c2nnnn2-c2ccccc2)C1. The second kappa shape index (κ2) is 5.28. The van der Waals surface area contributed by atoms with Crippen molar-refractivity contribution >= 4 is 11.9 Å². The molecular weight excluding hydrogens is 256 g/mol. The summed E-state index contributed by atoms with van der Waals surface area (Å²) < 4.78 is 1.68. The Morgan fingerprint density at radius 1 is 1.30 bits per heavy atom. The van der Waals surface area contributed by atoms with Gasteiger partial charge in [-0.2, -0.15) is 4.68 Å². The van der Waals surface area contributed by atoms with E-state index in [1.807, 2.05) is 35.2 Å². The summed E-state index contributed by atoms with van der Waals surface area (Å²) in [6.45, 7) is 1.40. The summed E-state index contributed by atoms with van der Waals surface area (Å²) in [5, 5.41) is 11.9. The number of tetrazole rings is 1. The molecule has 1 fully saturated rings. The van der Waals surface area contributed by atoms with Crippen molar-refractivity contribution in [2.45, 2.75) is 12.8 Å². The number of hydrogen-bond donors (Lipinski definition) is 1. The third-order valence-electron chi connectivity index (χ3n) is 3.56. The van der Waals surface area contributed by atoms with Crippen molar-refractivity contribution < 1.29 is 4.79 Å². The van der Waals surface area contributed by atoms with Crippen LogP contribution in [-0.4, -0.2) is 39.2 Å². The zero-order valence-corrected chi connectivity index (χ0v) is 11.0. The summed E-state index contributed by atoms with van der Waals surface area (Å²) in [6.07, 6.45) is 1.74. The molecule has 0 radical (unpaired) electrons. The number of nitrogens with zero attached hydrogens (tertiary/aromatic N) is 5. The Hall–Kier alpha value is -2.44. The number of carbonyl (C=O) groups excluding carboxylic acids is 1. The van der Waals surface area contributed by atoms with Crippen molar-refractivity contribution in [2.75, 3.05) is 18.0 Å². The molecule has 0 spiro atoms. The van der Waals surface area contributed by atoms with Crippen LogP contribution in [0, 0.1) is 5.92 Å². The minimum atomic E-state index is -0.256. The van der Waals surface area contributed by atoms with Crippen molar-refractivity contribution in [3.8, 4) is 5.69 Å². The molecule has 0 unspecified atom stereocenters. The highest BCUT2D eigenvalue weighted by molar-refractivity contribution is 5.77. The predicted octanol–water partition coefficient (Wildman–Crippen LogP) is 0.364. The lowest BCUT2D eigenvalue weighted by atomic mass is 9.98. The van der Waals surface area contributed by atoms with Gasteiger partial charge in [0, 0.05) is 13.1 Å². The van der Waals surface area contributed by atoms with Gasteiger partial charge in [-0.25, -0.2) is 0 Å². The van der Waals surface area contributed by atoms with E-state index in [1.54, 1.807) is 4.68 Å². The first-order valence-electron chi connectivity index (χ1n) is 6.64. The Labute approximate surface area is 116 Å². The summed E-state index contributed by atoms with van der Waals surface area (Å²) in [4.78, 5) is 13.4. The molecule has 0 aliphatic carbocycles. The third-order valence-corrected chi connectivity index (χ3v) is 3.56. The van der Waals surface area contributed by atoms with E-state index in [0.29, 0.717) is 12.5 Å². The number of piperidine rings is 1. The van der Waals surface area contributed by atoms with E-state index in [0.717, 1.165) is 25.1 Å². The minimum absolute atomic E-state index is 0.135. The van der Waals surface area contributed by atoms with Crippen molar-refractivity contribution in [1.82, 2.24) is 20.2 Å². The molecule has 7 heteroatoms. The first-order chi connectivity index (χ1) is 9.75. The third kappa shape index (κ3) is 2.34. The number of para-hydroxylation sites is 1.